The van der Waals surface area contributed by atoms with Crippen LogP contribution in [-0.2, 0) is 11.2 Å². The quantitative estimate of drug-likeness (QED) is 0.830. The fourth-order valence-electron chi connectivity index (χ4n) is 3.74. The Hall–Kier alpha value is -1.30. The number of aryl methyl sites for hydroxylation is 1. The van der Waals surface area contributed by atoms with Crippen LogP contribution >= 0.6 is 11.8 Å². The lowest BCUT2D eigenvalue weighted by molar-refractivity contribution is -0.123. The monoisotopic (exact) mass is 349 g/mol. The number of nitrogens with zero attached hydrogens (tertiary/aromatic N) is 2. The lowest BCUT2D eigenvalue weighted by Crippen LogP contribution is -2.42. The molecule has 0 spiro atoms. The van der Waals surface area contributed by atoms with Crippen LogP contribution in [0.15, 0.2) is 16.0 Å². The van der Waals surface area contributed by atoms with E-state index < -0.39 is 0 Å². The summed E-state index contributed by atoms with van der Waals surface area (Å²) < 4.78 is 1.72. The van der Waals surface area contributed by atoms with Gasteiger partial charge in [-0.3, -0.25) is 14.2 Å². The van der Waals surface area contributed by atoms with Crippen molar-refractivity contribution in [1.82, 2.24) is 14.9 Å². The third-order valence-electron chi connectivity index (χ3n) is 5.13. The number of aromatic nitrogens is 2. The smallest absolute Gasteiger partial charge is 0.254 e. The lowest BCUT2D eigenvalue weighted by atomic mass is 9.86. The largest absolute Gasteiger partial charge is 0.353 e. The number of thioether (sulfide) groups is 1. The Balaban J connectivity index is 1.66. The van der Waals surface area contributed by atoms with Gasteiger partial charge < -0.3 is 5.32 Å². The zero-order chi connectivity index (χ0) is 17.1. The molecule has 132 valence electrons. The second kappa shape index (κ2) is 7.72. The average Bonchev–Trinajstić information content (AvgIpc) is 2.93. The Morgan fingerprint density at radius 1 is 1.42 bits per heavy atom. The maximum absolute atomic E-state index is 12.4. The van der Waals surface area contributed by atoms with Crippen molar-refractivity contribution in [3.63, 3.8) is 0 Å². The molecule has 2 aliphatic rings. The standard InChI is InChI=1S/C18H27N3O2S/c1-3-6-13-9-17(23)21-14(11-24-18(21)19-13)10-16(22)20-15-8-5-4-7-12(15)2/h9,12,14-15H,3-8,10-11H2,1-2H3,(H,20,22). The minimum absolute atomic E-state index is 0.0164. The van der Waals surface area contributed by atoms with Gasteiger partial charge in [0.05, 0.1) is 6.04 Å². The van der Waals surface area contributed by atoms with Gasteiger partial charge in [-0.25, -0.2) is 4.98 Å². The first-order valence-electron chi connectivity index (χ1n) is 9.13. The summed E-state index contributed by atoms with van der Waals surface area (Å²) in [6, 6.07) is 1.86. The van der Waals surface area contributed by atoms with Gasteiger partial charge in [0.2, 0.25) is 5.91 Å². The van der Waals surface area contributed by atoms with E-state index in [0.29, 0.717) is 18.4 Å². The molecular formula is C18H27N3O2S. The summed E-state index contributed by atoms with van der Waals surface area (Å²) in [5.41, 5.74) is 0.847. The number of rotatable bonds is 5. The third-order valence-corrected chi connectivity index (χ3v) is 6.23. The Bertz CT molecular complexity index is 658. The van der Waals surface area contributed by atoms with Crippen LogP contribution < -0.4 is 10.9 Å². The highest BCUT2D eigenvalue weighted by molar-refractivity contribution is 7.99. The average molecular weight is 350 g/mol. The minimum atomic E-state index is -0.0698. The molecule has 2 heterocycles. The van der Waals surface area contributed by atoms with Gasteiger partial charge in [0.25, 0.3) is 5.56 Å². The van der Waals surface area contributed by atoms with Crippen LogP contribution in [0.3, 0.4) is 0 Å². The Kier molecular flexibility index (Phi) is 5.64. The van der Waals surface area contributed by atoms with Crippen molar-refractivity contribution in [1.29, 1.82) is 0 Å². The molecule has 24 heavy (non-hydrogen) atoms. The summed E-state index contributed by atoms with van der Waals surface area (Å²) in [7, 11) is 0. The molecule has 1 fully saturated rings. The van der Waals surface area contributed by atoms with Crippen LogP contribution in [0.25, 0.3) is 0 Å². The summed E-state index contributed by atoms with van der Waals surface area (Å²) >= 11 is 1.59. The molecule has 0 bridgehead atoms. The zero-order valence-electron chi connectivity index (χ0n) is 14.6. The zero-order valence-corrected chi connectivity index (χ0v) is 15.4. The van der Waals surface area contributed by atoms with Gasteiger partial charge in [-0.2, -0.15) is 0 Å². The molecule has 1 amide bonds. The van der Waals surface area contributed by atoms with E-state index in [1.807, 2.05) is 0 Å². The molecule has 0 saturated heterocycles. The predicted molar refractivity (Wildman–Crippen MR) is 96.4 cm³/mol. The molecule has 1 N–H and O–H groups in total. The molecule has 3 atom stereocenters. The van der Waals surface area contributed by atoms with Gasteiger partial charge in [-0.05, 0) is 25.2 Å². The predicted octanol–water partition coefficient (Wildman–Crippen LogP) is 2.93. The first kappa shape index (κ1) is 17.5. The van der Waals surface area contributed by atoms with E-state index in [2.05, 4.69) is 24.1 Å². The molecule has 0 radical (unpaired) electrons. The molecule has 1 saturated carbocycles. The van der Waals surface area contributed by atoms with Crippen LogP contribution in [0.2, 0.25) is 0 Å². The molecular weight excluding hydrogens is 322 g/mol. The van der Waals surface area contributed by atoms with Crippen LogP contribution in [0.4, 0.5) is 0 Å². The summed E-state index contributed by atoms with van der Waals surface area (Å²) in [4.78, 5) is 29.4. The van der Waals surface area contributed by atoms with Crippen LogP contribution in [0.5, 0.6) is 0 Å². The van der Waals surface area contributed by atoms with Crippen molar-refractivity contribution in [3.8, 4) is 0 Å². The van der Waals surface area contributed by atoms with E-state index in [9.17, 15) is 9.59 Å². The van der Waals surface area contributed by atoms with Crippen LogP contribution in [0, 0.1) is 5.92 Å². The highest BCUT2D eigenvalue weighted by atomic mass is 32.2. The second-order valence-electron chi connectivity index (χ2n) is 7.09. The summed E-state index contributed by atoms with van der Waals surface area (Å²) in [6.45, 7) is 4.30. The molecule has 3 unspecified atom stereocenters. The highest BCUT2D eigenvalue weighted by Crippen LogP contribution is 2.32. The fraction of sp³-hybridized carbons (Fsp3) is 0.722. The maximum atomic E-state index is 12.4. The minimum Gasteiger partial charge on any atom is -0.353 e. The van der Waals surface area contributed by atoms with Crippen molar-refractivity contribution >= 4 is 17.7 Å². The number of amides is 1. The second-order valence-corrected chi connectivity index (χ2v) is 8.08. The molecule has 1 aliphatic heterocycles. The summed E-state index contributed by atoms with van der Waals surface area (Å²) in [6.07, 6.45) is 6.90. The molecule has 1 aromatic heterocycles. The van der Waals surface area contributed by atoms with Crippen LogP contribution in [0.1, 0.15) is 64.1 Å². The highest BCUT2D eigenvalue weighted by Gasteiger charge is 2.29. The van der Waals surface area contributed by atoms with Crippen molar-refractivity contribution < 1.29 is 4.79 Å². The third kappa shape index (κ3) is 3.85. The number of hydrogen-bond donors (Lipinski definition) is 1. The number of hydrogen-bond acceptors (Lipinski definition) is 4. The van der Waals surface area contributed by atoms with E-state index in [4.69, 9.17) is 0 Å². The Morgan fingerprint density at radius 2 is 2.21 bits per heavy atom. The van der Waals surface area contributed by atoms with Crippen molar-refractivity contribution in [3.05, 3.63) is 22.1 Å². The van der Waals surface area contributed by atoms with Gasteiger partial charge in [-0.15, -0.1) is 0 Å². The van der Waals surface area contributed by atoms with Gasteiger partial charge >= 0.3 is 0 Å². The van der Waals surface area contributed by atoms with Gasteiger partial charge in [0.1, 0.15) is 0 Å². The van der Waals surface area contributed by atoms with Gasteiger partial charge in [0.15, 0.2) is 5.16 Å². The molecule has 6 heteroatoms. The van der Waals surface area contributed by atoms with Crippen LogP contribution in [-0.4, -0.2) is 27.3 Å². The van der Waals surface area contributed by atoms with Crippen molar-refractivity contribution in [2.75, 3.05) is 5.75 Å². The molecule has 0 aromatic carbocycles. The van der Waals surface area contributed by atoms with Crippen molar-refractivity contribution in [2.24, 2.45) is 5.92 Å². The SMILES string of the molecule is CCCc1cc(=O)n2c(n1)SCC2CC(=O)NC1CCCCC1C. The normalized spacial score (nSPS) is 26.2. The number of carbonyl (C=O) groups is 1. The van der Waals surface area contributed by atoms with E-state index >= 15 is 0 Å². The molecule has 3 rings (SSSR count). The Labute approximate surface area is 147 Å². The van der Waals surface area contributed by atoms with Gasteiger partial charge in [0, 0.05) is 30.0 Å². The molecule has 1 aromatic rings. The van der Waals surface area contributed by atoms with E-state index in [0.717, 1.165) is 35.9 Å². The van der Waals surface area contributed by atoms with E-state index in [-0.39, 0.29) is 17.5 Å². The summed E-state index contributed by atoms with van der Waals surface area (Å²) in [5.74, 6) is 1.37. The van der Waals surface area contributed by atoms with E-state index in [1.54, 1.807) is 22.4 Å². The lowest BCUT2D eigenvalue weighted by Gasteiger charge is -2.29. The first-order valence-corrected chi connectivity index (χ1v) is 10.1. The van der Waals surface area contributed by atoms with E-state index in [1.165, 1.54) is 19.3 Å². The summed E-state index contributed by atoms with van der Waals surface area (Å²) in [5, 5.41) is 3.97. The topological polar surface area (TPSA) is 64.0 Å². The maximum Gasteiger partial charge on any atom is 0.254 e. The molecule has 1 aliphatic carbocycles. The fourth-order valence-corrected chi connectivity index (χ4v) is 4.91. The number of carbonyl (C=O) groups excluding carboxylic acids is 1. The van der Waals surface area contributed by atoms with Crippen molar-refractivity contribution in [2.45, 2.75) is 76.0 Å². The number of fused-ring (bicyclic) bond motifs is 1. The van der Waals surface area contributed by atoms with Gasteiger partial charge in [-0.1, -0.05) is 44.9 Å². The molecule has 5 nitrogen and oxygen atoms in total. The first-order chi connectivity index (χ1) is 11.6. The number of nitrogens with one attached hydrogen (secondary N) is 1. The Morgan fingerprint density at radius 3 is 2.96 bits per heavy atom.